The number of hydrogen-bond acceptors (Lipinski definition) is 1. The SMILES string of the molecule is O=C(O)Cc1ccc2ccccc2c1-c1ccccc1. The molecule has 0 spiro atoms. The van der Waals surface area contributed by atoms with E-state index in [-0.39, 0.29) is 6.42 Å². The zero-order valence-electron chi connectivity index (χ0n) is 10.9. The second-order valence-electron chi connectivity index (χ2n) is 4.76. The maximum absolute atomic E-state index is 11.1. The van der Waals surface area contributed by atoms with Gasteiger partial charge in [-0.1, -0.05) is 66.7 Å². The van der Waals surface area contributed by atoms with Crippen molar-refractivity contribution in [3.05, 3.63) is 72.3 Å². The van der Waals surface area contributed by atoms with Crippen LogP contribution in [0.2, 0.25) is 0 Å². The molecular formula is C18H14O2. The van der Waals surface area contributed by atoms with Crippen molar-refractivity contribution in [2.45, 2.75) is 6.42 Å². The maximum Gasteiger partial charge on any atom is 0.307 e. The Morgan fingerprint density at radius 2 is 1.55 bits per heavy atom. The molecule has 20 heavy (non-hydrogen) atoms. The summed E-state index contributed by atoms with van der Waals surface area (Å²) in [7, 11) is 0. The molecule has 0 radical (unpaired) electrons. The van der Waals surface area contributed by atoms with Gasteiger partial charge < -0.3 is 5.11 Å². The van der Waals surface area contributed by atoms with Crippen molar-refractivity contribution in [2.75, 3.05) is 0 Å². The Hall–Kier alpha value is -2.61. The highest BCUT2D eigenvalue weighted by Crippen LogP contribution is 2.32. The van der Waals surface area contributed by atoms with Crippen LogP contribution in [0.1, 0.15) is 5.56 Å². The summed E-state index contributed by atoms with van der Waals surface area (Å²) in [5, 5.41) is 11.3. The van der Waals surface area contributed by atoms with E-state index in [1.54, 1.807) is 0 Å². The van der Waals surface area contributed by atoms with Gasteiger partial charge in [0.2, 0.25) is 0 Å². The quantitative estimate of drug-likeness (QED) is 0.770. The summed E-state index contributed by atoms with van der Waals surface area (Å²) in [6, 6.07) is 21.9. The smallest absolute Gasteiger partial charge is 0.307 e. The van der Waals surface area contributed by atoms with Crippen LogP contribution >= 0.6 is 0 Å². The van der Waals surface area contributed by atoms with Crippen LogP contribution in [0.4, 0.5) is 0 Å². The molecule has 2 nitrogen and oxygen atoms in total. The van der Waals surface area contributed by atoms with E-state index in [1.165, 1.54) is 0 Å². The second kappa shape index (κ2) is 5.17. The predicted octanol–water partition coefficient (Wildman–Crippen LogP) is 4.13. The molecule has 2 heteroatoms. The van der Waals surface area contributed by atoms with Gasteiger partial charge in [0.05, 0.1) is 6.42 Å². The Labute approximate surface area is 117 Å². The zero-order chi connectivity index (χ0) is 13.9. The molecular weight excluding hydrogens is 248 g/mol. The third-order valence-electron chi connectivity index (χ3n) is 3.42. The molecule has 0 fully saturated rings. The zero-order valence-corrected chi connectivity index (χ0v) is 10.9. The molecule has 3 aromatic carbocycles. The number of aliphatic carboxylic acids is 1. The average Bonchev–Trinajstić information content (AvgIpc) is 2.47. The van der Waals surface area contributed by atoms with E-state index in [0.29, 0.717) is 0 Å². The number of benzene rings is 3. The molecule has 0 aliphatic heterocycles. The highest BCUT2D eigenvalue weighted by molar-refractivity contribution is 5.99. The third kappa shape index (κ3) is 2.28. The fraction of sp³-hybridized carbons (Fsp3) is 0.0556. The van der Waals surface area contributed by atoms with Crippen molar-refractivity contribution in [2.24, 2.45) is 0 Å². The van der Waals surface area contributed by atoms with Gasteiger partial charge in [-0.2, -0.15) is 0 Å². The van der Waals surface area contributed by atoms with E-state index in [9.17, 15) is 4.79 Å². The topological polar surface area (TPSA) is 37.3 Å². The lowest BCUT2D eigenvalue weighted by molar-refractivity contribution is -0.136. The normalized spacial score (nSPS) is 10.6. The molecule has 0 amide bonds. The van der Waals surface area contributed by atoms with Crippen molar-refractivity contribution in [1.29, 1.82) is 0 Å². The first kappa shape index (κ1) is 12.4. The van der Waals surface area contributed by atoms with Crippen molar-refractivity contribution in [3.8, 4) is 11.1 Å². The summed E-state index contributed by atoms with van der Waals surface area (Å²) < 4.78 is 0. The third-order valence-corrected chi connectivity index (χ3v) is 3.42. The minimum atomic E-state index is -0.808. The van der Waals surface area contributed by atoms with E-state index >= 15 is 0 Å². The standard InChI is InChI=1S/C18H14O2/c19-17(20)12-15-11-10-13-6-4-5-9-16(13)18(15)14-7-2-1-3-8-14/h1-11H,12H2,(H,19,20). The summed E-state index contributed by atoms with van der Waals surface area (Å²) >= 11 is 0. The van der Waals surface area contributed by atoms with E-state index < -0.39 is 5.97 Å². The average molecular weight is 262 g/mol. The van der Waals surface area contributed by atoms with E-state index in [0.717, 1.165) is 27.5 Å². The molecule has 98 valence electrons. The van der Waals surface area contributed by atoms with Gasteiger partial charge in [-0.05, 0) is 27.5 Å². The molecule has 0 saturated heterocycles. The second-order valence-corrected chi connectivity index (χ2v) is 4.76. The molecule has 0 aliphatic carbocycles. The van der Waals surface area contributed by atoms with Crippen LogP contribution in [0.3, 0.4) is 0 Å². The molecule has 0 heterocycles. The van der Waals surface area contributed by atoms with Gasteiger partial charge in [0.15, 0.2) is 0 Å². The van der Waals surface area contributed by atoms with Gasteiger partial charge in [-0.25, -0.2) is 0 Å². The van der Waals surface area contributed by atoms with E-state index in [4.69, 9.17) is 5.11 Å². The summed E-state index contributed by atoms with van der Waals surface area (Å²) in [4.78, 5) is 11.1. The van der Waals surface area contributed by atoms with Gasteiger partial charge >= 0.3 is 5.97 Å². The number of hydrogen-bond donors (Lipinski definition) is 1. The monoisotopic (exact) mass is 262 g/mol. The Balaban J connectivity index is 2.31. The molecule has 0 unspecified atom stereocenters. The molecule has 3 rings (SSSR count). The summed E-state index contributed by atoms with van der Waals surface area (Å²) in [6.07, 6.45) is 0.0368. The number of rotatable bonds is 3. The number of carbonyl (C=O) groups is 1. The molecule has 0 saturated carbocycles. The van der Waals surface area contributed by atoms with Crippen molar-refractivity contribution in [3.63, 3.8) is 0 Å². The Bertz CT molecular complexity index is 761. The van der Waals surface area contributed by atoms with Crippen molar-refractivity contribution in [1.82, 2.24) is 0 Å². The minimum absolute atomic E-state index is 0.0368. The van der Waals surface area contributed by atoms with Gasteiger partial charge in [-0.15, -0.1) is 0 Å². The number of fused-ring (bicyclic) bond motifs is 1. The van der Waals surface area contributed by atoms with Crippen LogP contribution in [0, 0.1) is 0 Å². The van der Waals surface area contributed by atoms with Crippen LogP contribution in [-0.2, 0) is 11.2 Å². The van der Waals surface area contributed by atoms with Crippen LogP contribution in [-0.4, -0.2) is 11.1 Å². The highest BCUT2D eigenvalue weighted by Gasteiger charge is 2.12. The fourth-order valence-electron chi connectivity index (χ4n) is 2.57. The van der Waals surface area contributed by atoms with Crippen LogP contribution < -0.4 is 0 Å². The lowest BCUT2D eigenvalue weighted by Crippen LogP contribution is -2.02. The Morgan fingerprint density at radius 3 is 2.30 bits per heavy atom. The van der Waals surface area contributed by atoms with Crippen molar-refractivity contribution >= 4 is 16.7 Å². The number of carboxylic acid groups (broad SMARTS) is 1. The Morgan fingerprint density at radius 1 is 0.850 bits per heavy atom. The molecule has 0 atom stereocenters. The fourth-order valence-corrected chi connectivity index (χ4v) is 2.57. The Kier molecular flexibility index (Phi) is 3.21. The van der Waals surface area contributed by atoms with Gasteiger partial charge in [0.25, 0.3) is 0 Å². The molecule has 0 aliphatic rings. The first-order valence-electron chi connectivity index (χ1n) is 6.53. The number of carboxylic acids is 1. The lowest BCUT2D eigenvalue weighted by atomic mass is 9.92. The molecule has 0 aromatic heterocycles. The van der Waals surface area contributed by atoms with Crippen molar-refractivity contribution < 1.29 is 9.90 Å². The van der Waals surface area contributed by atoms with Gasteiger partial charge in [0, 0.05) is 0 Å². The predicted molar refractivity (Wildman–Crippen MR) is 80.7 cm³/mol. The van der Waals surface area contributed by atoms with Crippen LogP contribution in [0.5, 0.6) is 0 Å². The maximum atomic E-state index is 11.1. The van der Waals surface area contributed by atoms with E-state index in [1.807, 2.05) is 66.7 Å². The van der Waals surface area contributed by atoms with Crippen LogP contribution in [0.15, 0.2) is 66.7 Å². The highest BCUT2D eigenvalue weighted by atomic mass is 16.4. The molecule has 3 aromatic rings. The summed E-state index contributed by atoms with van der Waals surface area (Å²) in [6.45, 7) is 0. The summed E-state index contributed by atoms with van der Waals surface area (Å²) in [5.74, 6) is -0.808. The molecule has 0 bridgehead atoms. The van der Waals surface area contributed by atoms with Gasteiger partial charge in [-0.3, -0.25) is 4.79 Å². The van der Waals surface area contributed by atoms with Crippen LogP contribution in [0.25, 0.3) is 21.9 Å². The lowest BCUT2D eigenvalue weighted by Gasteiger charge is -2.12. The van der Waals surface area contributed by atoms with E-state index in [2.05, 4.69) is 0 Å². The minimum Gasteiger partial charge on any atom is -0.481 e. The largest absolute Gasteiger partial charge is 0.481 e. The molecule has 1 N–H and O–H groups in total. The van der Waals surface area contributed by atoms with Gasteiger partial charge in [0.1, 0.15) is 0 Å². The first-order chi connectivity index (χ1) is 9.75. The summed E-state index contributed by atoms with van der Waals surface area (Å²) in [5.41, 5.74) is 2.93. The first-order valence-corrected chi connectivity index (χ1v) is 6.53.